The van der Waals surface area contributed by atoms with Crippen LogP contribution < -0.4 is 14.4 Å². The lowest BCUT2D eigenvalue weighted by Crippen LogP contribution is -2.27. The molecule has 1 aliphatic rings. The summed E-state index contributed by atoms with van der Waals surface area (Å²) in [5.74, 6) is 0.277. The summed E-state index contributed by atoms with van der Waals surface area (Å²) in [6.45, 7) is 2.35. The first-order valence-corrected chi connectivity index (χ1v) is 10.5. The van der Waals surface area contributed by atoms with Gasteiger partial charge in [-0.05, 0) is 64.8 Å². The van der Waals surface area contributed by atoms with Gasteiger partial charge in [-0.3, -0.25) is 9.69 Å². The topological polar surface area (TPSA) is 38.8 Å². The largest absolute Gasteiger partial charge is 0.492 e. The summed E-state index contributed by atoms with van der Waals surface area (Å²) in [4.78, 5) is 14.6. The molecule has 0 aromatic heterocycles. The highest BCUT2D eigenvalue weighted by Crippen LogP contribution is 2.40. The van der Waals surface area contributed by atoms with E-state index < -0.39 is 5.82 Å². The number of carbonyl (C=O) groups is 1. The van der Waals surface area contributed by atoms with E-state index in [9.17, 15) is 9.18 Å². The van der Waals surface area contributed by atoms with E-state index in [4.69, 9.17) is 33.3 Å². The second kappa shape index (κ2) is 8.82. The van der Waals surface area contributed by atoms with E-state index in [-0.39, 0.29) is 10.9 Å². The van der Waals surface area contributed by atoms with E-state index in [1.54, 1.807) is 19.3 Å². The van der Waals surface area contributed by atoms with E-state index in [0.717, 1.165) is 17.3 Å². The van der Waals surface area contributed by atoms with E-state index in [1.807, 2.05) is 13.0 Å². The number of thioether (sulfide) groups is 1. The number of hydrogen-bond acceptors (Lipinski definition) is 5. The smallest absolute Gasteiger partial charge is 0.270 e. The standard InChI is InChI=1S/C19H14BrClFNO3S2/c1-3-26-15-7-10(6-12(20)17(15)25-2)8-16-18(24)23(19(27)28-16)11-4-5-14(22)13(21)9-11/h4-9H,3H2,1-2H3/b16-8+. The molecule has 1 saturated heterocycles. The molecule has 1 fully saturated rings. The van der Waals surface area contributed by atoms with Crippen LogP contribution in [0, 0.1) is 5.82 Å². The number of hydrogen-bond donors (Lipinski definition) is 0. The number of methoxy groups -OCH3 is 1. The van der Waals surface area contributed by atoms with Gasteiger partial charge < -0.3 is 9.47 Å². The van der Waals surface area contributed by atoms with Gasteiger partial charge in [-0.25, -0.2) is 4.39 Å². The molecular formula is C19H14BrClFNO3S2. The Labute approximate surface area is 184 Å². The van der Waals surface area contributed by atoms with Gasteiger partial charge in [0, 0.05) is 0 Å². The molecule has 0 unspecified atom stereocenters. The zero-order chi connectivity index (χ0) is 20.4. The fourth-order valence-corrected chi connectivity index (χ4v) is 4.69. The van der Waals surface area contributed by atoms with Crippen molar-refractivity contribution in [2.45, 2.75) is 6.92 Å². The van der Waals surface area contributed by atoms with Crippen LogP contribution in [-0.2, 0) is 4.79 Å². The second-order valence-electron chi connectivity index (χ2n) is 5.58. The third-order valence-electron chi connectivity index (χ3n) is 3.79. The zero-order valence-corrected chi connectivity index (χ0v) is 18.8. The molecule has 4 nitrogen and oxygen atoms in total. The van der Waals surface area contributed by atoms with Crippen molar-refractivity contribution in [3.8, 4) is 11.5 Å². The Morgan fingerprint density at radius 2 is 2.11 bits per heavy atom. The molecule has 28 heavy (non-hydrogen) atoms. The first-order valence-electron chi connectivity index (χ1n) is 8.09. The number of ether oxygens (including phenoxy) is 2. The maximum atomic E-state index is 13.4. The predicted molar refractivity (Wildman–Crippen MR) is 119 cm³/mol. The van der Waals surface area contributed by atoms with Crippen molar-refractivity contribution in [1.29, 1.82) is 0 Å². The van der Waals surface area contributed by atoms with Gasteiger partial charge in [0.2, 0.25) is 0 Å². The molecule has 0 spiro atoms. The lowest BCUT2D eigenvalue weighted by Gasteiger charge is -2.15. The first kappa shape index (κ1) is 21.1. The zero-order valence-electron chi connectivity index (χ0n) is 14.8. The van der Waals surface area contributed by atoms with Crippen molar-refractivity contribution in [1.82, 2.24) is 0 Å². The molecule has 0 atom stereocenters. The number of thiocarbonyl (C=S) groups is 1. The van der Waals surface area contributed by atoms with Crippen molar-refractivity contribution in [2.24, 2.45) is 0 Å². The van der Waals surface area contributed by atoms with Gasteiger partial charge in [0.25, 0.3) is 5.91 Å². The summed E-state index contributed by atoms with van der Waals surface area (Å²) < 4.78 is 25.4. The van der Waals surface area contributed by atoms with Gasteiger partial charge >= 0.3 is 0 Å². The van der Waals surface area contributed by atoms with Crippen LogP contribution >= 0.6 is 51.5 Å². The van der Waals surface area contributed by atoms with Crippen LogP contribution in [0.4, 0.5) is 10.1 Å². The van der Waals surface area contributed by atoms with Crippen LogP contribution in [0.3, 0.4) is 0 Å². The Kier molecular flexibility index (Phi) is 6.65. The quantitative estimate of drug-likeness (QED) is 0.367. The molecule has 0 aliphatic carbocycles. The summed E-state index contributed by atoms with van der Waals surface area (Å²) in [6, 6.07) is 7.65. The molecular weight excluding hydrogens is 489 g/mol. The van der Waals surface area contributed by atoms with E-state index in [0.29, 0.717) is 37.5 Å². The van der Waals surface area contributed by atoms with Gasteiger partial charge in [-0.15, -0.1) is 0 Å². The fourth-order valence-electron chi connectivity index (χ4n) is 2.60. The first-order chi connectivity index (χ1) is 13.3. The average molecular weight is 503 g/mol. The molecule has 146 valence electrons. The minimum Gasteiger partial charge on any atom is -0.492 e. The molecule has 3 rings (SSSR count). The molecule has 0 saturated carbocycles. The van der Waals surface area contributed by atoms with Gasteiger partial charge in [-0.2, -0.15) is 0 Å². The van der Waals surface area contributed by atoms with Crippen LogP contribution in [0.25, 0.3) is 6.08 Å². The average Bonchev–Trinajstić information content (AvgIpc) is 2.91. The van der Waals surface area contributed by atoms with Gasteiger partial charge in [0.15, 0.2) is 15.8 Å². The SMILES string of the molecule is CCOc1cc(/C=C2/SC(=S)N(c3ccc(F)c(Cl)c3)C2=O)cc(Br)c1OC. The van der Waals surface area contributed by atoms with Gasteiger partial charge in [0.1, 0.15) is 5.82 Å². The van der Waals surface area contributed by atoms with Crippen LogP contribution in [-0.4, -0.2) is 23.9 Å². The van der Waals surface area contributed by atoms with Crippen molar-refractivity contribution < 1.29 is 18.7 Å². The van der Waals surface area contributed by atoms with Crippen LogP contribution in [0.5, 0.6) is 11.5 Å². The lowest BCUT2D eigenvalue weighted by atomic mass is 10.1. The summed E-state index contributed by atoms with van der Waals surface area (Å²) in [6.07, 6.45) is 1.72. The normalized spacial score (nSPS) is 15.5. The van der Waals surface area contributed by atoms with Gasteiger partial charge in [-0.1, -0.05) is 35.6 Å². The molecule has 0 bridgehead atoms. The predicted octanol–water partition coefficient (Wildman–Crippen LogP) is 6.05. The van der Waals surface area contributed by atoms with Gasteiger partial charge in [0.05, 0.1) is 33.8 Å². The van der Waals surface area contributed by atoms with Crippen molar-refractivity contribution in [3.05, 3.63) is 56.1 Å². The van der Waals surface area contributed by atoms with E-state index in [1.165, 1.54) is 23.1 Å². The molecule has 1 amide bonds. The lowest BCUT2D eigenvalue weighted by molar-refractivity contribution is -0.113. The monoisotopic (exact) mass is 501 g/mol. The summed E-state index contributed by atoms with van der Waals surface area (Å²) in [7, 11) is 1.56. The maximum absolute atomic E-state index is 13.4. The number of amides is 1. The highest BCUT2D eigenvalue weighted by atomic mass is 79.9. The second-order valence-corrected chi connectivity index (χ2v) is 8.52. The Morgan fingerprint density at radius 3 is 2.75 bits per heavy atom. The van der Waals surface area contributed by atoms with Crippen LogP contribution in [0.1, 0.15) is 12.5 Å². The number of benzene rings is 2. The van der Waals surface area contributed by atoms with Crippen molar-refractivity contribution >= 4 is 73.5 Å². The maximum Gasteiger partial charge on any atom is 0.270 e. The van der Waals surface area contributed by atoms with E-state index >= 15 is 0 Å². The Morgan fingerprint density at radius 1 is 1.36 bits per heavy atom. The van der Waals surface area contributed by atoms with Crippen LogP contribution in [0.2, 0.25) is 5.02 Å². The molecule has 0 N–H and O–H groups in total. The molecule has 2 aromatic rings. The number of halogens is 3. The van der Waals surface area contributed by atoms with Crippen molar-refractivity contribution in [2.75, 3.05) is 18.6 Å². The third-order valence-corrected chi connectivity index (χ3v) is 5.97. The number of nitrogens with zero attached hydrogens (tertiary/aromatic N) is 1. The molecule has 1 aliphatic heterocycles. The Hall–Kier alpha value is -1.61. The number of anilines is 1. The van der Waals surface area contributed by atoms with E-state index in [2.05, 4.69) is 15.9 Å². The fraction of sp³-hybridized carbons (Fsp3) is 0.158. The minimum absolute atomic E-state index is 0.0732. The third kappa shape index (κ3) is 4.20. The Balaban J connectivity index is 1.96. The summed E-state index contributed by atoms with van der Waals surface area (Å²) >= 11 is 15.8. The number of carbonyl (C=O) groups excluding carboxylic acids is 1. The highest BCUT2D eigenvalue weighted by Gasteiger charge is 2.33. The summed E-state index contributed by atoms with van der Waals surface area (Å²) in [5, 5.41) is -0.0732. The molecule has 9 heteroatoms. The summed E-state index contributed by atoms with van der Waals surface area (Å²) in [5.41, 5.74) is 1.16. The molecule has 0 radical (unpaired) electrons. The minimum atomic E-state index is -0.557. The number of rotatable bonds is 5. The van der Waals surface area contributed by atoms with Crippen LogP contribution in [0.15, 0.2) is 39.7 Å². The highest BCUT2D eigenvalue weighted by molar-refractivity contribution is 9.10. The molecule has 2 aromatic carbocycles. The molecule has 1 heterocycles. The Bertz CT molecular complexity index is 999. The van der Waals surface area contributed by atoms with Crippen molar-refractivity contribution in [3.63, 3.8) is 0 Å².